The molecule has 5 heteroatoms. The Hall–Kier alpha value is -3.47. The Labute approximate surface area is 182 Å². The molecular weight excluding hydrogens is 388 g/mol. The summed E-state index contributed by atoms with van der Waals surface area (Å²) >= 11 is 0. The molecule has 0 bridgehead atoms. The van der Waals surface area contributed by atoms with E-state index in [0.717, 1.165) is 33.5 Å². The Bertz CT molecular complexity index is 1130. The van der Waals surface area contributed by atoms with Gasteiger partial charge in [0.25, 0.3) is 5.91 Å². The van der Waals surface area contributed by atoms with Crippen molar-refractivity contribution in [1.29, 1.82) is 0 Å². The summed E-state index contributed by atoms with van der Waals surface area (Å²) in [6, 6.07) is 17.3. The van der Waals surface area contributed by atoms with Crippen LogP contribution in [-0.2, 0) is 16.1 Å². The predicted octanol–water partition coefficient (Wildman–Crippen LogP) is 5.35. The van der Waals surface area contributed by atoms with E-state index in [1.54, 1.807) is 17.3 Å². The van der Waals surface area contributed by atoms with Gasteiger partial charge in [0, 0.05) is 29.1 Å². The van der Waals surface area contributed by atoms with Gasteiger partial charge in [-0.05, 0) is 63.1 Å². The fourth-order valence-electron chi connectivity index (χ4n) is 3.79. The minimum atomic E-state index is -0.550. The van der Waals surface area contributed by atoms with Crippen molar-refractivity contribution in [2.45, 2.75) is 45.8 Å². The van der Waals surface area contributed by atoms with Crippen molar-refractivity contribution in [2.75, 3.05) is 4.90 Å². The van der Waals surface area contributed by atoms with Crippen molar-refractivity contribution in [1.82, 2.24) is 4.98 Å². The highest BCUT2D eigenvalue weighted by Crippen LogP contribution is 2.38. The fraction of sp³-hybridized carbons (Fsp3) is 0.269. The Kier molecular flexibility index (Phi) is 5.36. The van der Waals surface area contributed by atoms with E-state index in [-0.39, 0.29) is 11.9 Å². The third kappa shape index (κ3) is 4.22. The van der Waals surface area contributed by atoms with Gasteiger partial charge in [-0.2, -0.15) is 0 Å². The zero-order valence-electron chi connectivity index (χ0n) is 18.3. The summed E-state index contributed by atoms with van der Waals surface area (Å²) in [6.45, 7) is 7.94. The lowest BCUT2D eigenvalue weighted by atomic mass is 9.94. The number of hydrogen-bond acceptors (Lipinski definition) is 4. The van der Waals surface area contributed by atoms with E-state index in [0.29, 0.717) is 6.54 Å². The lowest BCUT2D eigenvalue weighted by Crippen LogP contribution is -2.27. The van der Waals surface area contributed by atoms with Gasteiger partial charge in [-0.25, -0.2) is 0 Å². The van der Waals surface area contributed by atoms with Crippen molar-refractivity contribution in [3.8, 4) is 11.1 Å². The lowest BCUT2D eigenvalue weighted by Gasteiger charge is -2.24. The number of amides is 1. The number of carbonyl (C=O) groups is 2. The third-order valence-corrected chi connectivity index (χ3v) is 5.37. The van der Waals surface area contributed by atoms with Gasteiger partial charge in [0.1, 0.15) is 5.60 Å². The SMILES string of the molecule is CC(C(=O)OC(C)(C)C)c1ccc(N2Cc3ccccc3C2=O)c(-c2cccnc2)c1. The molecule has 1 unspecified atom stereocenters. The molecule has 1 atom stereocenters. The summed E-state index contributed by atoms with van der Waals surface area (Å²) in [5, 5.41) is 0. The molecule has 1 aromatic heterocycles. The van der Waals surface area contributed by atoms with Crippen LogP contribution in [0.25, 0.3) is 11.1 Å². The normalized spacial score (nSPS) is 14.3. The summed E-state index contributed by atoms with van der Waals surface area (Å²) in [5.41, 5.74) is 4.57. The highest BCUT2D eigenvalue weighted by Gasteiger charge is 2.30. The Morgan fingerprint density at radius 1 is 1.06 bits per heavy atom. The number of rotatable bonds is 4. The molecule has 0 N–H and O–H groups in total. The third-order valence-electron chi connectivity index (χ3n) is 5.37. The molecule has 0 saturated heterocycles. The van der Waals surface area contributed by atoms with Crippen LogP contribution < -0.4 is 4.90 Å². The standard InChI is InChI=1S/C26H26N2O3/c1-17(25(30)31-26(2,3)4)18-11-12-23(22(14-18)19-9-7-13-27-15-19)28-16-20-8-5-6-10-21(20)24(28)29/h5-15,17H,16H2,1-4H3. The van der Waals surface area contributed by atoms with Crippen LogP contribution in [0, 0.1) is 0 Å². The average Bonchev–Trinajstić information content (AvgIpc) is 3.09. The van der Waals surface area contributed by atoms with Crippen molar-refractivity contribution in [2.24, 2.45) is 0 Å². The molecule has 0 saturated carbocycles. The summed E-state index contributed by atoms with van der Waals surface area (Å²) in [4.78, 5) is 31.8. The van der Waals surface area contributed by atoms with E-state index in [1.165, 1.54) is 0 Å². The Balaban J connectivity index is 1.75. The molecule has 0 spiro atoms. The molecule has 158 valence electrons. The first-order valence-electron chi connectivity index (χ1n) is 10.4. The number of aromatic nitrogens is 1. The molecule has 2 heterocycles. The maximum Gasteiger partial charge on any atom is 0.313 e. The maximum absolute atomic E-state index is 13.1. The number of benzene rings is 2. The monoisotopic (exact) mass is 414 g/mol. The van der Waals surface area contributed by atoms with Gasteiger partial charge in [0.05, 0.1) is 18.2 Å². The molecule has 31 heavy (non-hydrogen) atoms. The Morgan fingerprint density at radius 2 is 1.84 bits per heavy atom. The minimum Gasteiger partial charge on any atom is -0.460 e. The second-order valence-corrected chi connectivity index (χ2v) is 8.82. The van der Waals surface area contributed by atoms with Crippen molar-refractivity contribution in [3.63, 3.8) is 0 Å². The van der Waals surface area contributed by atoms with Gasteiger partial charge in [0.15, 0.2) is 0 Å². The maximum atomic E-state index is 13.1. The average molecular weight is 415 g/mol. The zero-order valence-corrected chi connectivity index (χ0v) is 18.3. The fourth-order valence-corrected chi connectivity index (χ4v) is 3.79. The van der Waals surface area contributed by atoms with Gasteiger partial charge < -0.3 is 9.64 Å². The van der Waals surface area contributed by atoms with Gasteiger partial charge in [-0.1, -0.05) is 30.3 Å². The number of fused-ring (bicyclic) bond motifs is 1. The lowest BCUT2D eigenvalue weighted by molar-refractivity contribution is -0.156. The van der Waals surface area contributed by atoms with Gasteiger partial charge in [0.2, 0.25) is 0 Å². The highest BCUT2D eigenvalue weighted by molar-refractivity contribution is 6.11. The van der Waals surface area contributed by atoms with Crippen LogP contribution in [-0.4, -0.2) is 22.5 Å². The number of nitrogens with zero attached hydrogens (tertiary/aromatic N) is 2. The molecule has 5 nitrogen and oxygen atoms in total. The Morgan fingerprint density at radius 3 is 2.52 bits per heavy atom. The molecule has 1 amide bonds. The van der Waals surface area contributed by atoms with E-state index >= 15 is 0 Å². The van der Waals surface area contributed by atoms with Crippen molar-refractivity contribution >= 4 is 17.6 Å². The van der Waals surface area contributed by atoms with Crippen LogP contribution in [0.4, 0.5) is 5.69 Å². The minimum absolute atomic E-state index is 0.0197. The van der Waals surface area contributed by atoms with Crippen LogP contribution >= 0.6 is 0 Å². The van der Waals surface area contributed by atoms with E-state index in [1.807, 2.05) is 82.3 Å². The molecule has 0 fully saturated rings. The number of esters is 1. The summed E-state index contributed by atoms with van der Waals surface area (Å²) in [5.74, 6) is -0.731. The molecule has 0 aliphatic carbocycles. The first-order chi connectivity index (χ1) is 14.7. The number of anilines is 1. The summed E-state index contributed by atoms with van der Waals surface area (Å²) < 4.78 is 5.57. The summed E-state index contributed by atoms with van der Waals surface area (Å²) in [6.07, 6.45) is 3.49. The molecule has 3 aromatic rings. The van der Waals surface area contributed by atoms with Crippen LogP contribution in [0.5, 0.6) is 0 Å². The van der Waals surface area contributed by atoms with Crippen molar-refractivity contribution in [3.05, 3.63) is 83.7 Å². The van der Waals surface area contributed by atoms with E-state index in [9.17, 15) is 9.59 Å². The topological polar surface area (TPSA) is 59.5 Å². The first-order valence-corrected chi connectivity index (χ1v) is 10.4. The highest BCUT2D eigenvalue weighted by atomic mass is 16.6. The quantitative estimate of drug-likeness (QED) is 0.540. The van der Waals surface area contributed by atoms with Crippen molar-refractivity contribution < 1.29 is 14.3 Å². The number of ether oxygens (including phenoxy) is 1. The van der Waals surface area contributed by atoms with Crippen LogP contribution in [0.3, 0.4) is 0 Å². The molecule has 1 aliphatic rings. The first kappa shape index (κ1) is 20.8. The van der Waals surface area contributed by atoms with E-state index in [2.05, 4.69) is 4.98 Å². The summed E-state index contributed by atoms with van der Waals surface area (Å²) in [7, 11) is 0. The second-order valence-electron chi connectivity index (χ2n) is 8.82. The number of carbonyl (C=O) groups excluding carboxylic acids is 2. The molecule has 1 aliphatic heterocycles. The zero-order chi connectivity index (χ0) is 22.2. The van der Waals surface area contributed by atoms with E-state index < -0.39 is 11.5 Å². The van der Waals surface area contributed by atoms with Crippen LogP contribution in [0.1, 0.15) is 55.1 Å². The van der Waals surface area contributed by atoms with E-state index in [4.69, 9.17) is 4.74 Å². The van der Waals surface area contributed by atoms with Gasteiger partial charge in [-0.3, -0.25) is 14.6 Å². The van der Waals surface area contributed by atoms with Crippen LogP contribution in [0.2, 0.25) is 0 Å². The molecule has 4 rings (SSSR count). The number of pyridine rings is 1. The van der Waals surface area contributed by atoms with Gasteiger partial charge >= 0.3 is 5.97 Å². The molecule has 2 aromatic carbocycles. The number of hydrogen-bond donors (Lipinski definition) is 0. The second kappa shape index (κ2) is 7.99. The van der Waals surface area contributed by atoms with Gasteiger partial charge in [-0.15, -0.1) is 0 Å². The predicted molar refractivity (Wildman–Crippen MR) is 121 cm³/mol. The molecular formula is C26H26N2O3. The largest absolute Gasteiger partial charge is 0.460 e. The smallest absolute Gasteiger partial charge is 0.313 e. The van der Waals surface area contributed by atoms with Crippen LogP contribution in [0.15, 0.2) is 67.0 Å². The molecule has 0 radical (unpaired) electrons.